The normalized spacial score (nSPS) is 10.6. The van der Waals surface area contributed by atoms with Crippen molar-refractivity contribution >= 4 is 29.2 Å². The predicted octanol–water partition coefficient (Wildman–Crippen LogP) is 2.91. The van der Waals surface area contributed by atoms with Gasteiger partial charge in [-0.15, -0.1) is 0 Å². The van der Waals surface area contributed by atoms with Gasteiger partial charge in [0.1, 0.15) is 11.6 Å². The van der Waals surface area contributed by atoms with Gasteiger partial charge < -0.3 is 5.73 Å². The fourth-order valence-corrected chi connectivity index (χ4v) is 1.88. The van der Waals surface area contributed by atoms with Gasteiger partial charge in [0.15, 0.2) is 0 Å². The minimum atomic E-state index is 0.247. The number of aromatic nitrogens is 3. The number of rotatable bonds is 3. The van der Waals surface area contributed by atoms with E-state index >= 15 is 0 Å². The Labute approximate surface area is 115 Å². The van der Waals surface area contributed by atoms with Crippen LogP contribution in [0.25, 0.3) is 0 Å². The molecule has 0 saturated carbocycles. The fourth-order valence-electron chi connectivity index (χ4n) is 1.56. The van der Waals surface area contributed by atoms with E-state index in [0.29, 0.717) is 28.1 Å². The van der Waals surface area contributed by atoms with Crippen molar-refractivity contribution in [1.29, 1.82) is 0 Å². The molecular formula is C12H12Cl2N4. The van der Waals surface area contributed by atoms with E-state index in [0.717, 1.165) is 12.0 Å². The number of nitrogens with zero attached hydrogens (tertiary/aromatic N) is 3. The Kier molecular flexibility index (Phi) is 3.99. The number of nitrogens with two attached hydrogens (primary N) is 1. The van der Waals surface area contributed by atoms with Gasteiger partial charge >= 0.3 is 0 Å². The lowest BCUT2D eigenvalue weighted by Crippen LogP contribution is -2.07. The summed E-state index contributed by atoms with van der Waals surface area (Å²) in [6, 6.07) is 5.44. The molecule has 0 bridgehead atoms. The minimum Gasteiger partial charge on any atom is -0.368 e. The molecule has 1 aromatic heterocycles. The van der Waals surface area contributed by atoms with E-state index in [-0.39, 0.29) is 5.95 Å². The molecule has 2 aromatic rings. The number of halogens is 2. The summed E-state index contributed by atoms with van der Waals surface area (Å²) in [5, 5.41) is 1.05. The molecule has 1 heterocycles. The van der Waals surface area contributed by atoms with Gasteiger partial charge in [0.05, 0.1) is 10.0 Å². The number of hydrogen-bond donors (Lipinski definition) is 1. The lowest BCUT2D eigenvalue weighted by atomic mass is 10.1. The number of anilines is 1. The molecule has 0 aliphatic carbocycles. The highest BCUT2D eigenvalue weighted by atomic mass is 35.5. The van der Waals surface area contributed by atoms with Gasteiger partial charge in [-0.25, -0.2) is 4.98 Å². The fraction of sp³-hybridized carbons (Fsp3) is 0.250. The average molecular weight is 283 g/mol. The molecule has 0 atom stereocenters. The van der Waals surface area contributed by atoms with Gasteiger partial charge in [-0.05, 0) is 17.7 Å². The second kappa shape index (κ2) is 5.50. The van der Waals surface area contributed by atoms with Gasteiger partial charge in [-0.3, -0.25) is 0 Å². The van der Waals surface area contributed by atoms with Crippen LogP contribution in [0.15, 0.2) is 18.2 Å². The first-order valence-corrected chi connectivity index (χ1v) is 6.27. The molecule has 6 heteroatoms. The summed E-state index contributed by atoms with van der Waals surface area (Å²) >= 11 is 11.8. The summed E-state index contributed by atoms with van der Waals surface area (Å²) in [4.78, 5) is 12.5. The van der Waals surface area contributed by atoms with Crippen LogP contribution in [0, 0.1) is 0 Å². The van der Waals surface area contributed by atoms with Crippen molar-refractivity contribution in [2.75, 3.05) is 5.73 Å². The summed E-state index contributed by atoms with van der Waals surface area (Å²) < 4.78 is 0. The van der Waals surface area contributed by atoms with Gasteiger partial charge in [0.25, 0.3) is 0 Å². The van der Waals surface area contributed by atoms with Gasteiger partial charge in [-0.1, -0.05) is 36.2 Å². The van der Waals surface area contributed by atoms with Crippen molar-refractivity contribution in [2.45, 2.75) is 19.8 Å². The first-order valence-electron chi connectivity index (χ1n) is 5.51. The van der Waals surface area contributed by atoms with Crippen molar-refractivity contribution in [3.05, 3.63) is 45.5 Å². The first kappa shape index (κ1) is 13.1. The molecule has 0 aliphatic rings. The summed E-state index contributed by atoms with van der Waals surface area (Å²) in [6.07, 6.45) is 1.28. The molecule has 2 rings (SSSR count). The standard InChI is InChI=1S/C12H12Cl2N4/c1-2-10-16-11(18-12(15)17-10)6-7-3-4-8(13)9(14)5-7/h3-5H,2,6H2,1H3,(H2,15,16,17,18). The third kappa shape index (κ3) is 3.09. The Hall–Kier alpha value is -1.39. The van der Waals surface area contributed by atoms with E-state index < -0.39 is 0 Å². The van der Waals surface area contributed by atoms with Crippen molar-refractivity contribution in [2.24, 2.45) is 0 Å². The summed E-state index contributed by atoms with van der Waals surface area (Å²) in [5.41, 5.74) is 6.62. The molecule has 0 spiro atoms. The van der Waals surface area contributed by atoms with E-state index in [2.05, 4.69) is 15.0 Å². The molecular weight excluding hydrogens is 271 g/mol. The van der Waals surface area contributed by atoms with Crippen LogP contribution in [-0.4, -0.2) is 15.0 Å². The monoisotopic (exact) mass is 282 g/mol. The number of benzene rings is 1. The number of nitrogen functional groups attached to an aromatic ring is 1. The smallest absolute Gasteiger partial charge is 0.223 e. The molecule has 18 heavy (non-hydrogen) atoms. The highest BCUT2D eigenvalue weighted by Crippen LogP contribution is 2.23. The molecule has 2 N–H and O–H groups in total. The van der Waals surface area contributed by atoms with E-state index in [9.17, 15) is 0 Å². The van der Waals surface area contributed by atoms with Crippen molar-refractivity contribution in [1.82, 2.24) is 15.0 Å². The SMILES string of the molecule is CCc1nc(N)nc(Cc2ccc(Cl)c(Cl)c2)n1. The molecule has 1 aromatic carbocycles. The van der Waals surface area contributed by atoms with Gasteiger partial charge in [-0.2, -0.15) is 9.97 Å². The molecule has 0 saturated heterocycles. The van der Waals surface area contributed by atoms with Crippen LogP contribution in [-0.2, 0) is 12.8 Å². The van der Waals surface area contributed by atoms with Crippen LogP contribution < -0.4 is 5.73 Å². The molecule has 94 valence electrons. The minimum absolute atomic E-state index is 0.247. The maximum absolute atomic E-state index is 5.96. The zero-order valence-corrected chi connectivity index (χ0v) is 11.3. The quantitative estimate of drug-likeness (QED) is 0.940. The van der Waals surface area contributed by atoms with E-state index in [1.54, 1.807) is 12.1 Å². The molecule has 0 fully saturated rings. The lowest BCUT2D eigenvalue weighted by Gasteiger charge is -2.05. The van der Waals surface area contributed by atoms with Crippen LogP contribution in [0.4, 0.5) is 5.95 Å². The van der Waals surface area contributed by atoms with Crippen molar-refractivity contribution < 1.29 is 0 Å². The molecule has 0 unspecified atom stereocenters. The Morgan fingerprint density at radius 3 is 2.44 bits per heavy atom. The van der Waals surface area contributed by atoms with Crippen LogP contribution in [0.3, 0.4) is 0 Å². The Morgan fingerprint density at radius 2 is 1.78 bits per heavy atom. The number of aryl methyl sites for hydroxylation is 1. The average Bonchev–Trinajstić information content (AvgIpc) is 2.33. The third-order valence-electron chi connectivity index (χ3n) is 2.41. The van der Waals surface area contributed by atoms with Gasteiger partial charge in [0.2, 0.25) is 5.95 Å². The van der Waals surface area contributed by atoms with Crippen LogP contribution >= 0.6 is 23.2 Å². The predicted molar refractivity (Wildman–Crippen MR) is 72.9 cm³/mol. The highest BCUT2D eigenvalue weighted by Gasteiger charge is 2.06. The zero-order valence-electron chi connectivity index (χ0n) is 9.82. The zero-order chi connectivity index (χ0) is 13.1. The van der Waals surface area contributed by atoms with Crippen molar-refractivity contribution in [3.8, 4) is 0 Å². The second-order valence-corrected chi connectivity index (χ2v) is 4.62. The molecule has 4 nitrogen and oxygen atoms in total. The molecule has 0 aliphatic heterocycles. The first-order chi connectivity index (χ1) is 8.58. The van der Waals surface area contributed by atoms with E-state index in [1.807, 2.05) is 13.0 Å². The summed E-state index contributed by atoms with van der Waals surface area (Å²) in [6.45, 7) is 1.97. The Balaban J connectivity index is 2.27. The largest absolute Gasteiger partial charge is 0.368 e. The van der Waals surface area contributed by atoms with Crippen LogP contribution in [0.2, 0.25) is 10.0 Å². The Morgan fingerprint density at radius 1 is 1.06 bits per heavy atom. The van der Waals surface area contributed by atoms with E-state index in [1.165, 1.54) is 0 Å². The summed E-state index contributed by atoms with van der Waals surface area (Å²) in [7, 11) is 0. The lowest BCUT2D eigenvalue weighted by molar-refractivity contribution is 0.846. The number of hydrogen-bond acceptors (Lipinski definition) is 4. The Bertz CT molecular complexity index is 572. The highest BCUT2D eigenvalue weighted by molar-refractivity contribution is 6.42. The molecule has 0 radical (unpaired) electrons. The maximum atomic E-state index is 5.96. The summed E-state index contributed by atoms with van der Waals surface area (Å²) in [5.74, 6) is 1.58. The maximum Gasteiger partial charge on any atom is 0.223 e. The van der Waals surface area contributed by atoms with Crippen LogP contribution in [0.1, 0.15) is 24.1 Å². The third-order valence-corrected chi connectivity index (χ3v) is 3.15. The molecule has 0 amide bonds. The van der Waals surface area contributed by atoms with E-state index in [4.69, 9.17) is 28.9 Å². The topological polar surface area (TPSA) is 64.7 Å². The second-order valence-electron chi connectivity index (χ2n) is 3.80. The van der Waals surface area contributed by atoms with Gasteiger partial charge in [0, 0.05) is 12.8 Å². The van der Waals surface area contributed by atoms with Crippen molar-refractivity contribution in [3.63, 3.8) is 0 Å². The van der Waals surface area contributed by atoms with Crippen LogP contribution in [0.5, 0.6) is 0 Å².